The Morgan fingerprint density at radius 1 is 1.19 bits per heavy atom. The Morgan fingerprint density at radius 2 is 1.90 bits per heavy atom. The molecule has 2 atom stereocenters. The van der Waals surface area contributed by atoms with Crippen LogP contribution in [0.3, 0.4) is 0 Å². The first-order valence-electron chi connectivity index (χ1n) is 7.93. The molecule has 0 bridgehead atoms. The second-order valence-electron chi connectivity index (χ2n) is 7.75. The number of nitrogens with two attached hydrogens (primary N) is 1. The first-order valence-corrected chi connectivity index (χ1v) is 8.69. The van der Waals surface area contributed by atoms with Crippen molar-refractivity contribution in [2.75, 3.05) is 0 Å². The molecule has 0 amide bonds. The van der Waals surface area contributed by atoms with Crippen molar-refractivity contribution in [3.8, 4) is 0 Å². The molecule has 118 valence electrons. The van der Waals surface area contributed by atoms with Gasteiger partial charge in [0, 0.05) is 5.54 Å². The molecule has 1 aliphatic rings. The Bertz CT molecular complexity index is 492. The van der Waals surface area contributed by atoms with Gasteiger partial charge in [-0.25, -0.2) is 0 Å². The third-order valence-corrected chi connectivity index (χ3v) is 5.87. The minimum absolute atomic E-state index is 0.145. The second-order valence-corrected chi connectivity index (χ2v) is 8.53. The Labute approximate surface area is 139 Å². The molecular weight excluding hydrogens is 301 g/mol. The van der Waals surface area contributed by atoms with Crippen molar-refractivity contribution in [1.82, 2.24) is 0 Å². The van der Waals surface area contributed by atoms with Gasteiger partial charge in [-0.05, 0) is 55.1 Å². The second kappa shape index (κ2) is 6.48. The summed E-state index contributed by atoms with van der Waals surface area (Å²) in [4.78, 5) is 0. The van der Waals surface area contributed by atoms with Gasteiger partial charge in [-0.2, -0.15) is 0 Å². The highest BCUT2D eigenvalue weighted by Crippen LogP contribution is 2.40. The molecule has 0 aromatic heterocycles. The quantitative estimate of drug-likeness (QED) is 0.676. The first-order chi connectivity index (χ1) is 9.71. The van der Waals surface area contributed by atoms with Crippen molar-refractivity contribution in [2.45, 2.75) is 64.8 Å². The molecule has 1 saturated carbocycles. The van der Waals surface area contributed by atoms with Crippen molar-refractivity contribution >= 4 is 23.2 Å². The van der Waals surface area contributed by atoms with E-state index in [1.54, 1.807) is 0 Å². The van der Waals surface area contributed by atoms with Gasteiger partial charge in [0.1, 0.15) is 0 Å². The number of benzene rings is 1. The summed E-state index contributed by atoms with van der Waals surface area (Å²) in [6.07, 6.45) is 6.66. The van der Waals surface area contributed by atoms with Crippen molar-refractivity contribution in [3.05, 3.63) is 33.8 Å². The minimum atomic E-state index is -0.145. The maximum absolute atomic E-state index is 6.71. The van der Waals surface area contributed by atoms with Crippen LogP contribution >= 0.6 is 23.2 Å². The van der Waals surface area contributed by atoms with Crippen molar-refractivity contribution in [2.24, 2.45) is 17.1 Å². The van der Waals surface area contributed by atoms with Crippen molar-refractivity contribution in [1.29, 1.82) is 0 Å². The van der Waals surface area contributed by atoms with Crippen LogP contribution in [0.25, 0.3) is 0 Å². The highest BCUT2D eigenvalue weighted by Gasteiger charge is 2.34. The van der Waals surface area contributed by atoms with Gasteiger partial charge in [0.05, 0.1) is 10.0 Å². The van der Waals surface area contributed by atoms with E-state index in [1.807, 2.05) is 12.1 Å². The van der Waals surface area contributed by atoms with Crippen LogP contribution in [0.15, 0.2) is 18.2 Å². The van der Waals surface area contributed by atoms with Gasteiger partial charge in [-0.3, -0.25) is 0 Å². The monoisotopic (exact) mass is 327 g/mol. The molecule has 0 saturated heterocycles. The van der Waals surface area contributed by atoms with Gasteiger partial charge in [0.25, 0.3) is 0 Å². The molecule has 1 aromatic carbocycles. The molecule has 0 spiro atoms. The molecule has 2 unspecified atom stereocenters. The van der Waals surface area contributed by atoms with E-state index in [9.17, 15) is 0 Å². The third-order valence-electron chi connectivity index (χ3n) is 5.02. The van der Waals surface area contributed by atoms with Crippen molar-refractivity contribution < 1.29 is 0 Å². The summed E-state index contributed by atoms with van der Waals surface area (Å²) in [7, 11) is 0. The number of rotatable bonds is 2. The van der Waals surface area contributed by atoms with Gasteiger partial charge in [-0.1, -0.05) is 62.5 Å². The average molecular weight is 328 g/mol. The van der Waals surface area contributed by atoms with Gasteiger partial charge in [0.15, 0.2) is 0 Å². The van der Waals surface area contributed by atoms with E-state index in [4.69, 9.17) is 28.9 Å². The number of hydrogen-bond donors (Lipinski definition) is 1. The topological polar surface area (TPSA) is 26.0 Å². The SMILES string of the molecule is CC(C)(C)C1CCCC(N)(Cc2cccc(Cl)c2Cl)CC1. The zero-order chi connectivity index (χ0) is 15.7. The lowest BCUT2D eigenvalue weighted by molar-refractivity contribution is 0.210. The standard InChI is InChI=1S/C18H27Cl2N/c1-17(2,3)14-7-5-10-18(21,11-9-14)12-13-6-4-8-15(19)16(13)20/h4,6,8,14H,5,7,9-12,21H2,1-3H3. The van der Waals surface area contributed by atoms with Gasteiger partial charge >= 0.3 is 0 Å². The number of halogens is 2. The molecule has 1 aromatic rings. The fourth-order valence-electron chi connectivity index (χ4n) is 3.54. The average Bonchev–Trinajstić information content (AvgIpc) is 2.57. The molecule has 1 nitrogen and oxygen atoms in total. The van der Waals surface area contributed by atoms with Gasteiger partial charge in [-0.15, -0.1) is 0 Å². The molecule has 2 rings (SSSR count). The van der Waals surface area contributed by atoms with Crippen LogP contribution in [0.1, 0.15) is 58.4 Å². The van der Waals surface area contributed by atoms with Gasteiger partial charge in [0.2, 0.25) is 0 Å². The summed E-state index contributed by atoms with van der Waals surface area (Å²) in [5.41, 5.74) is 8.03. The lowest BCUT2D eigenvalue weighted by Gasteiger charge is -2.31. The third kappa shape index (κ3) is 4.37. The number of hydrogen-bond acceptors (Lipinski definition) is 1. The normalized spacial score (nSPS) is 27.4. The zero-order valence-corrected chi connectivity index (χ0v) is 14.9. The highest BCUT2D eigenvalue weighted by molar-refractivity contribution is 6.42. The van der Waals surface area contributed by atoms with E-state index >= 15 is 0 Å². The van der Waals surface area contributed by atoms with Crippen LogP contribution < -0.4 is 5.73 Å². The molecule has 0 aliphatic heterocycles. The predicted octanol–water partition coefficient (Wildman–Crippen LogP) is 5.86. The maximum atomic E-state index is 6.71. The summed E-state index contributed by atoms with van der Waals surface area (Å²) >= 11 is 12.4. The van der Waals surface area contributed by atoms with E-state index in [0.29, 0.717) is 15.5 Å². The molecule has 0 heterocycles. The van der Waals surface area contributed by atoms with Crippen LogP contribution in [-0.4, -0.2) is 5.54 Å². The lowest BCUT2D eigenvalue weighted by Crippen LogP contribution is -2.41. The molecule has 1 fully saturated rings. The Kier molecular flexibility index (Phi) is 5.28. The minimum Gasteiger partial charge on any atom is -0.325 e. The summed E-state index contributed by atoms with van der Waals surface area (Å²) in [6.45, 7) is 7.03. The summed E-state index contributed by atoms with van der Waals surface area (Å²) in [5.74, 6) is 0.762. The Morgan fingerprint density at radius 3 is 2.57 bits per heavy atom. The fraction of sp³-hybridized carbons (Fsp3) is 0.667. The Hall–Kier alpha value is -0.240. The molecule has 2 N–H and O–H groups in total. The van der Waals surface area contributed by atoms with Gasteiger partial charge < -0.3 is 5.73 Å². The summed E-state index contributed by atoms with van der Waals surface area (Å²) < 4.78 is 0. The smallest absolute Gasteiger partial charge is 0.0624 e. The highest BCUT2D eigenvalue weighted by atomic mass is 35.5. The fourth-order valence-corrected chi connectivity index (χ4v) is 3.93. The molecular formula is C18H27Cl2N. The Balaban J connectivity index is 2.11. The largest absolute Gasteiger partial charge is 0.325 e. The van der Waals surface area contributed by atoms with Crippen LogP contribution in [0.2, 0.25) is 10.0 Å². The van der Waals surface area contributed by atoms with Crippen LogP contribution in [-0.2, 0) is 6.42 Å². The van der Waals surface area contributed by atoms with Crippen LogP contribution in [0.4, 0.5) is 0 Å². The first kappa shape index (κ1) is 17.1. The van der Waals surface area contributed by atoms with Crippen LogP contribution in [0, 0.1) is 11.3 Å². The van der Waals surface area contributed by atoms with E-state index < -0.39 is 0 Å². The molecule has 1 aliphatic carbocycles. The van der Waals surface area contributed by atoms with Crippen LogP contribution in [0.5, 0.6) is 0 Å². The van der Waals surface area contributed by atoms with E-state index in [-0.39, 0.29) is 5.54 Å². The molecule has 21 heavy (non-hydrogen) atoms. The summed E-state index contributed by atoms with van der Waals surface area (Å²) in [6, 6.07) is 5.84. The lowest BCUT2D eigenvalue weighted by atomic mass is 9.76. The van der Waals surface area contributed by atoms with Crippen molar-refractivity contribution in [3.63, 3.8) is 0 Å². The van der Waals surface area contributed by atoms with E-state index in [0.717, 1.165) is 30.7 Å². The maximum Gasteiger partial charge on any atom is 0.0624 e. The van der Waals surface area contributed by atoms with E-state index in [1.165, 1.54) is 19.3 Å². The summed E-state index contributed by atoms with van der Waals surface area (Å²) in [5, 5.41) is 1.29. The molecule has 3 heteroatoms. The van der Waals surface area contributed by atoms with E-state index in [2.05, 4.69) is 26.8 Å². The molecule has 0 radical (unpaired) electrons. The zero-order valence-electron chi connectivity index (χ0n) is 13.4. The predicted molar refractivity (Wildman–Crippen MR) is 93.1 cm³/mol.